The molecule has 30 heavy (non-hydrogen) atoms. The zero-order valence-corrected chi connectivity index (χ0v) is 16.0. The van der Waals surface area contributed by atoms with Crippen LogP contribution in [0.4, 0.5) is 10.3 Å². The van der Waals surface area contributed by atoms with Crippen LogP contribution in [0.5, 0.6) is 5.75 Å². The Morgan fingerprint density at radius 1 is 1.13 bits per heavy atom. The number of Topliss-reactive ketones (excluding diaryl/α,β-unsaturated/α-hetero) is 1. The van der Waals surface area contributed by atoms with Gasteiger partial charge in [0.1, 0.15) is 23.3 Å². The molecule has 9 nitrogen and oxygen atoms in total. The molecule has 2 heterocycles. The van der Waals surface area contributed by atoms with Crippen molar-refractivity contribution in [1.82, 2.24) is 20.2 Å². The summed E-state index contributed by atoms with van der Waals surface area (Å²) in [6.45, 7) is 0. The minimum absolute atomic E-state index is 0.0570. The number of nitrogens with zero attached hydrogens (tertiary/aromatic N) is 4. The van der Waals surface area contributed by atoms with Crippen molar-refractivity contribution >= 4 is 17.7 Å². The number of hydrogen-bond acceptors (Lipinski definition) is 8. The molecule has 3 aromatic rings. The largest absolute Gasteiger partial charge is 0.497 e. The third-order valence-electron chi connectivity index (χ3n) is 4.67. The molecule has 0 bridgehead atoms. The summed E-state index contributed by atoms with van der Waals surface area (Å²) < 4.78 is 24.9. The highest BCUT2D eigenvalue weighted by atomic mass is 19.1. The molecule has 1 aromatic heterocycles. The van der Waals surface area contributed by atoms with E-state index in [9.17, 15) is 14.0 Å². The molecule has 1 aliphatic heterocycles. The Balaban J connectivity index is 1.95. The second kappa shape index (κ2) is 7.74. The Morgan fingerprint density at radius 3 is 2.60 bits per heavy atom. The smallest absolute Gasteiger partial charge is 0.355 e. The number of allylic oxidation sites excluding steroid dienone is 1. The molecule has 0 amide bonds. The Kier molecular flexibility index (Phi) is 4.97. The van der Waals surface area contributed by atoms with Crippen LogP contribution in [-0.4, -0.2) is 46.2 Å². The average molecular weight is 409 g/mol. The van der Waals surface area contributed by atoms with E-state index in [-0.39, 0.29) is 22.8 Å². The van der Waals surface area contributed by atoms with Gasteiger partial charge in [-0.3, -0.25) is 4.79 Å². The predicted octanol–water partition coefficient (Wildman–Crippen LogP) is 2.15. The number of benzene rings is 2. The molecule has 0 aliphatic carbocycles. The number of ether oxygens (including phenoxy) is 2. The lowest BCUT2D eigenvalue weighted by Gasteiger charge is -2.28. The highest BCUT2D eigenvalue weighted by molar-refractivity contribution is 6.14. The highest BCUT2D eigenvalue weighted by Crippen LogP contribution is 2.37. The van der Waals surface area contributed by atoms with E-state index in [4.69, 9.17) is 9.47 Å². The molecule has 152 valence electrons. The van der Waals surface area contributed by atoms with Crippen LogP contribution < -0.4 is 10.1 Å². The number of anilines is 1. The van der Waals surface area contributed by atoms with Crippen molar-refractivity contribution < 1.29 is 23.5 Å². The zero-order valence-electron chi connectivity index (χ0n) is 16.0. The molecule has 0 fully saturated rings. The van der Waals surface area contributed by atoms with Gasteiger partial charge < -0.3 is 14.8 Å². The van der Waals surface area contributed by atoms with E-state index in [1.165, 1.54) is 43.2 Å². The molecule has 0 saturated carbocycles. The molecular formula is C20H16FN5O4. The molecule has 1 atom stereocenters. The van der Waals surface area contributed by atoms with Gasteiger partial charge in [-0.15, -0.1) is 0 Å². The van der Waals surface area contributed by atoms with Crippen molar-refractivity contribution in [3.63, 3.8) is 0 Å². The molecule has 0 saturated heterocycles. The third kappa shape index (κ3) is 3.28. The van der Waals surface area contributed by atoms with Gasteiger partial charge in [0, 0.05) is 5.56 Å². The Morgan fingerprint density at radius 2 is 1.90 bits per heavy atom. The number of halogens is 1. The normalized spacial score (nSPS) is 15.2. The van der Waals surface area contributed by atoms with Crippen molar-refractivity contribution in [3.05, 3.63) is 76.7 Å². The molecule has 2 aromatic carbocycles. The first-order valence-electron chi connectivity index (χ1n) is 8.85. The van der Waals surface area contributed by atoms with E-state index in [2.05, 4.69) is 20.8 Å². The average Bonchev–Trinajstić information content (AvgIpc) is 3.25. The van der Waals surface area contributed by atoms with Crippen LogP contribution in [0.1, 0.15) is 22.0 Å². The van der Waals surface area contributed by atoms with Gasteiger partial charge in [-0.05, 0) is 52.4 Å². The zero-order chi connectivity index (χ0) is 21.3. The van der Waals surface area contributed by atoms with Crippen molar-refractivity contribution in [1.29, 1.82) is 0 Å². The van der Waals surface area contributed by atoms with E-state index in [1.807, 2.05) is 0 Å². The predicted molar refractivity (Wildman–Crippen MR) is 102 cm³/mol. The lowest BCUT2D eigenvalue weighted by Crippen LogP contribution is -2.33. The van der Waals surface area contributed by atoms with Crippen molar-refractivity contribution in [2.45, 2.75) is 6.04 Å². The summed E-state index contributed by atoms with van der Waals surface area (Å²) in [4.78, 5) is 26.0. The van der Waals surface area contributed by atoms with E-state index in [1.54, 1.807) is 24.3 Å². The number of rotatable bonds is 5. The van der Waals surface area contributed by atoms with Crippen LogP contribution in [0.2, 0.25) is 0 Å². The van der Waals surface area contributed by atoms with Gasteiger partial charge in [0.2, 0.25) is 5.95 Å². The van der Waals surface area contributed by atoms with Gasteiger partial charge >= 0.3 is 5.97 Å². The molecule has 4 rings (SSSR count). The second-order valence-corrected chi connectivity index (χ2v) is 6.37. The molecule has 0 unspecified atom stereocenters. The van der Waals surface area contributed by atoms with Crippen LogP contribution >= 0.6 is 0 Å². The molecule has 1 aliphatic rings. The van der Waals surface area contributed by atoms with E-state index in [0.29, 0.717) is 11.3 Å². The third-order valence-corrected chi connectivity index (χ3v) is 4.67. The van der Waals surface area contributed by atoms with Gasteiger partial charge in [-0.25, -0.2) is 9.18 Å². The van der Waals surface area contributed by atoms with Crippen LogP contribution in [0.25, 0.3) is 0 Å². The number of ketones is 1. The molecular weight excluding hydrogens is 393 g/mol. The first-order valence-corrected chi connectivity index (χ1v) is 8.85. The summed E-state index contributed by atoms with van der Waals surface area (Å²) in [5.74, 6) is -1.03. The fourth-order valence-corrected chi connectivity index (χ4v) is 3.26. The van der Waals surface area contributed by atoms with Crippen LogP contribution in [0.15, 0.2) is 59.8 Å². The Hall–Kier alpha value is -4.08. The first kappa shape index (κ1) is 19.2. The molecule has 0 radical (unpaired) electrons. The summed E-state index contributed by atoms with van der Waals surface area (Å²) in [6, 6.07) is 11.2. The number of carbonyl (C=O) groups is 2. The lowest BCUT2D eigenvalue weighted by molar-refractivity contribution is -0.136. The first-order chi connectivity index (χ1) is 14.5. The van der Waals surface area contributed by atoms with Gasteiger partial charge in [0.05, 0.1) is 19.8 Å². The summed E-state index contributed by atoms with van der Waals surface area (Å²) in [5.41, 5.74) is 0.763. The molecule has 10 heteroatoms. The number of carbonyl (C=O) groups excluding carboxylic acids is 2. The number of aromatic nitrogens is 4. The number of nitrogens with one attached hydrogen (secondary N) is 1. The maximum absolute atomic E-state index is 13.5. The fourth-order valence-electron chi connectivity index (χ4n) is 3.26. The number of fused-ring (bicyclic) bond motifs is 1. The fraction of sp³-hybridized carbons (Fsp3) is 0.150. The van der Waals surface area contributed by atoms with Gasteiger partial charge in [0.25, 0.3) is 0 Å². The van der Waals surface area contributed by atoms with Crippen LogP contribution in [0, 0.1) is 5.82 Å². The Bertz CT molecular complexity index is 1160. The summed E-state index contributed by atoms with van der Waals surface area (Å²) in [7, 11) is 2.72. The van der Waals surface area contributed by atoms with Gasteiger partial charge in [-0.2, -0.15) is 4.68 Å². The Labute approximate surface area is 170 Å². The molecule has 0 spiro atoms. The van der Waals surface area contributed by atoms with Gasteiger partial charge in [0.15, 0.2) is 5.78 Å². The summed E-state index contributed by atoms with van der Waals surface area (Å²) >= 11 is 0. The van der Waals surface area contributed by atoms with Gasteiger partial charge in [-0.1, -0.05) is 17.2 Å². The minimum atomic E-state index is -0.849. The van der Waals surface area contributed by atoms with Crippen molar-refractivity contribution in [3.8, 4) is 5.75 Å². The summed E-state index contributed by atoms with van der Waals surface area (Å²) in [6.07, 6.45) is 0. The molecule has 1 N–H and O–H groups in total. The number of methoxy groups -OCH3 is 2. The van der Waals surface area contributed by atoms with Crippen LogP contribution in [-0.2, 0) is 9.53 Å². The highest BCUT2D eigenvalue weighted by Gasteiger charge is 2.38. The summed E-state index contributed by atoms with van der Waals surface area (Å²) in [5, 5.41) is 14.3. The standard InChI is InChI=1S/C20H16FN5O4/c1-29-14-5-3-4-12(10-14)17-15(18(27)11-6-8-13(21)9-7-11)16(19(28)30-2)22-20-23-24-25-26(17)20/h3-10,17H,1-2H3,(H,22,23,25)/t17-/m0/s1. The van der Waals surface area contributed by atoms with Crippen LogP contribution in [0.3, 0.4) is 0 Å². The lowest BCUT2D eigenvalue weighted by atomic mass is 9.89. The SMILES string of the molecule is COC(=O)C1=C(C(=O)c2ccc(F)cc2)[C@H](c2cccc(OC)c2)n2nnnc2N1. The van der Waals surface area contributed by atoms with E-state index in [0.717, 1.165) is 0 Å². The van der Waals surface area contributed by atoms with Crippen molar-refractivity contribution in [2.75, 3.05) is 19.5 Å². The van der Waals surface area contributed by atoms with E-state index >= 15 is 0 Å². The maximum Gasteiger partial charge on any atom is 0.355 e. The van der Waals surface area contributed by atoms with E-state index < -0.39 is 23.6 Å². The second-order valence-electron chi connectivity index (χ2n) is 6.37. The number of hydrogen-bond donors (Lipinski definition) is 1. The number of esters is 1. The van der Waals surface area contributed by atoms with Crippen molar-refractivity contribution in [2.24, 2.45) is 0 Å². The monoisotopic (exact) mass is 409 g/mol. The topological polar surface area (TPSA) is 108 Å². The number of tetrazole rings is 1. The quantitative estimate of drug-likeness (QED) is 0.504. The minimum Gasteiger partial charge on any atom is -0.497 e. The maximum atomic E-state index is 13.5.